The number of urea groups is 1. The van der Waals surface area contributed by atoms with Crippen LogP contribution in [0.15, 0.2) is 36.5 Å². The first-order valence-electron chi connectivity index (χ1n) is 8.85. The summed E-state index contributed by atoms with van der Waals surface area (Å²) in [6.45, 7) is 0.363. The number of benzene rings is 1. The van der Waals surface area contributed by atoms with Crippen molar-refractivity contribution >= 4 is 11.8 Å². The molecule has 0 spiro atoms. The molecule has 0 aliphatic heterocycles. The molecule has 0 bridgehead atoms. The Morgan fingerprint density at radius 1 is 1.37 bits per heavy atom. The van der Waals surface area contributed by atoms with Crippen LogP contribution in [0.2, 0.25) is 0 Å². The molecule has 3 aromatic rings. The first kappa shape index (κ1) is 17.3. The van der Waals surface area contributed by atoms with E-state index in [0.717, 1.165) is 35.4 Å². The molecule has 2 N–H and O–H groups in total. The number of hydrogen-bond donors (Lipinski definition) is 2. The van der Waals surface area contributed by atoms with Gasteiger partial charge in [0.1, 0.15) is 11.6 Å². The summed E-state index contributed by atoms with van der Waals surface area (Å²) in [5, 5.41) is 14.4. The third-order valence-corrected chi connectivity index (χ3v) is 4.73. The van der Waals surface area contributed by atoms with Crippen LogP contribution in [0, 0.1) is 5.82 Å². The molecule has 4 rings (SSSR count). The van der Waals surface area contributed by atoms with Crippen molar-refractivity contribution in [2.24, 2.45) is 7.05 Å². The predicted molar refractivity (Wildman–Crippen MR) is 99.7 cm³/mol. The molecule has 2 amide bonds. The fourth-order valence-corrected chi connectivity index (χ4v) is 3.01. The minimum atomic E-state index is -0.293. The molecule has 27 heavy (non-hydrogen) atoms. The Balaban J connectivity index is 1.45. The average Bonchev–Trinajstić information content (AvgIpc) is 3.30. The largest absolute Gasteiger partial charge is 0.323 e. The van der Waals surface area contributed by atoms with Gasteiger partial charge in [-0.1, -0.05) is 0 Å². The van der Waals surface area contributed by atoms with Gasteiger partial charge in [0.25, 0.3) is 0 Å². The van der Waals surface area contributed by atoms with Gasteiger partial charge < -0.3 is 4.90 Å². The van der Waals surface area contributed by atoms with Gasteiger partial charge in [0.15, 0.2) is 0 Å². The van der Waals surface area contributed by atoms with Gasteiger partial charge in [-0.25, -0.2) is 9.18 Å². The van der Waals surface area contributed by atoms with Crippen molar-refractivity contribution in [1.82, 2.24) is 24.9 Å². The molecule has 1 fully saturated rings. The highest BCUT2D eigenvalue weighted by Crippen LogP contribution is 2.39. The van der Waals surface area contributed by atoms with Crippen LogP contribution < -0.4 is 5.32 Å². The first-order chi connectivity index (χ1) is 13.0. The van der Waals surface area contributed by atoms with E-state index in [9.17, 15) is 9.18 Å². The third kappa shape index (κ3) is 3.69. The van der Waals surface area contributed by atoms with E-state index >= 15 is 0 Å². The standard InChI is InChI=1S/C19H21FN6O/c1-25(19(27)22-17-9-16(12-3-4-12)24-26(17)2)11-14-10-21-23-18(14)13-5-7-15(20)8-6-13/h5-10,12H,3-4,11H2,1-2H3,(H,21,23)(H,22,27). The number of hydrogen-bond acceptors (Lipinski definition) is 3. The zero-order valence-corrected chi connectivity index (χ0v) is 15.2. The molecular formula is C19H21FN6O. The monoisotopic (exact) mass is 368 g/mol. The van der Waals surface area contributed by atoms with Crippen LogP contribution in [0.3, 0.4) is 0 Å². The van der Waals surface area contributed by atoms with Crippen LogP contribution >= 0.6 is 0 Å². The lowest BCUT2D eigenvalue weighted by Gasteiger charge is -2.18. The Hall–Kier alpha value is -3.16. The number of nitrogens with one attached hydrogen (secondary N) is 2. The van der Waals surface area contributed by atoms with Crippen LogP contribution in [0.4, 0.5) is 15.0 Å². The van der Waals surface area contributed by atoms with Gasteiger partial charge in [-0.05, 0) is 37.1 Å². The number of halogens is 1. The molecule has 0 atom stereocenters. The summed E-state index contributed by atoms with van der Waals surface area (Å²) < 4.78 is 14.8. The lowest BCUT2D eigenvalue weighted by Crippen LogP contribution is -2.31. The summed E-state index contributed by atoms with van der Waals surface area (Å²) in [7, 11) is 3.54. The average molecular weight is 368 g/mol. The number of amides is 2. The van der Waals surface area contributed by atoms with E-state index in [1.807, 2.05) is 13.1 Å². The maximum atomic E-state index is 13.1. The number of carbonyl (C=O) groups is 1. The summed E-state index contributed by atoms with van der Waals surface area (Å²) >= 11 is 0. The highest BCUT2D eigenvalue weighted by Gasteiger charge is 2.27. The minimum absolute atomic E-state index is 0.230. The number of H-pyrrole nitrogens is 1. The number of nitrogens with zero attached hydrogens (tertiary/aromatic N) is 4. The topological polar surface area (TPSA) is 78.8 Å². The van der Waals surface area contributed by atoms with Crippen molar-refractivity contribution in [3.63, 3.8) is 0 Å². The van der Waals surface area contributed by atoms with Crippen LogP contribution in [0.1, 0.15) is 30.0 Å². The summed E-state index contributed by atoms with van der Waals surface area (Å²) in [4.78, 5) is 14.1. The number of aromatic nitrogens is 4. The quantitative estimate of drug-likeness (QED) is 0.723. The van der Waals surface area contributed by atoms with Crippen molar-refractivity contribution in [2.45, 2.75) is 25.3 Å². The molecule has 2 heterocycles. The second-order valence-corrected chi connectivity index (χ2v) is 6.92. The van der Waals surface area contributed by atoms with E-state index < -0.39 is 0 Å². The molecule has 1 aromatic carbocycles. The SMILES string of the molecule is CN(Cc1cn[nH]c1-c1ccc(F)cc1)C(=O)Nc1cc(C2CC2)nn1C. The summed E-state index contributed by atoms with van der Waals surface area (Å²) in [6.07, 6.45) is 4.01. The lowest BCUT2D eigenvalue weighted by atomic mass is 10.1. The van der Waals surface area contributed by atoms with E-state index in [-0.39, 0.29) is 11.8 Å². The minimum Gasteiger partial charge on any atom is -0.323 e. The molecular weight excluding hydrogens is 347 g/mol. The van der Waals surface area contributed by atoms with Gasteiger partial charge in [-0.3, -0.25) is 15.1 Å². The van der Waals surface area contributed by atoms with Crippen molar-refractivity contribution < 1.29 is 9.18 Å². The van der Waals surface area contributed by atoms with Gasteiger partial charge in [-0.15, -0.1) is 0 Å². The van der Waals surface area contributed by atoms with Gasteiger partial charge >= 0.3 is 6.03 Å². The smallest absolute Gasteiger partial charge is 0.323 e. The molecule has 1 saturated carbocycles. The maximum absolute atomic E-state index is 13.1. The number of aromatic amines is 1. The van der Waals surface area contributed by atoms with Crippen molar-refractivity contribution in [1.29, 1.82) is 0 Å². The molecule has 0 radical (unpaired) electrons. The second-order valence-electron chi connectivity index (χ2n) is 6.92. The second kappa shape index (κ2) is 6.86. The molecule has 2 aromatic heterocycles. The molecule has 1 aliphatic carbocycles. The van der Waals surface area contributed by atoms with Gasteiger partial charge in [0.05, 0.1) is 24.1 Å². The Bertz CT molecular complexity index is 957. The van der Waals surface area contributed by atoms with E-state index in [2.05, 4.69) is 20.6 Å². The number of carbonyl (C=O) groups excluding carboxylic acids is 1. The lowest BCUT2D eigenvalue weighted by molar-refractivity contribution is 0.220. The molecule has 8 heteroatoms. The highest BCUT2D eigenvalue weighted by atomic mass is 19.1. The Morgan fingerprint density at radius 3 is 2.81 bits per heavy atom. The molecule has 1 aliphatic rings. The summed E-state index contributed by atoms with van der Waals surface area (Å²) in [5.74, 6) is 0.918. The Kier molecular flexibility index (Phi) is 4.39. The summed E-state index contributed by atoms with van der Waals surface area (Å²) in [5.41, 5.74) is 3.47. The zero-order chi connectivity index (χ0) is 19.0. The van der Waals surface area contributed by atoms with Crippen molar-refractivity contribution in [2.75, 3.05) is 12.4 Å². The fraction of sp³-hybridized carbons (Fsp3) is 0.316. The fourth-order valence-electron chi connectivity index (χ4n) is 3.01. The van der Waals surface area contributed by atoms with Crippen LogP contribution in [-0.2, 0) is 13.6 Å². The maximum Gasteiger partial charge on any atom is 0.323 e. The highest BCUT2D eigenvalue weighted by molar-refractivity contribution is 5.88. The third-order valence-electron chi connectivity index (χ3n) is 4.73. The van der Waals surface area contributed by atoms with E-state index in [0.29, 0.717) is 18.3 Å². The van der Waals surface area contributed by atoms with E-state index in [4.69, 9.17) is 0 Å². The Labute approximate surface area is 156 Å². The Morgan fingerprint density at radius 2 is 2.11 bits per heavy atom. The molecule has 0 unspecified atom stereocenters. The van der Waals surface area contributed by atoms with E-state index in [1.165, 1.54) is 12.1 Å². The molecule has 7 nitrogen and oxygen atoms in total. The first-order valence-corrected chi connectivity index (χ1v) is 8.85. The van der Waals surface area contributed by atoms with Gasteiger partial charge in [0.2, 0.25) is 0 Å². The van der Waals surface area contributed by atoms with Crippen LogP contribution in [-0.4, -0.2) is 38.0 Å². The molecule has 140 valence electrons. The normalized spacial score (nSPS) is 13.6. The van der Waals surface area contributed by atoms with Gasteiger partial charge in [-0.2, -0.15) is 10.2 Å². The number of rotatable bonds is 5. The van der Waals surface area contributed by atoms with Crippen LogP contribution in [0.5, 0.6) is 0 Å². The van der Waals surface area contributed by atoms with Crippen molar-refractivity contribution in [3.05, 3.63) is 53.6 Å². The van der Waals surface area contributed by atoms with E-state index in [1.54, 1.807) is 35.0 Å². The number of anilines is 1. The molecule has 0 saturated heterocycles. The summed E-state index contributed by atoms with van der Waals surface area (Å²) in [6, 6.07) is 7.87. The zero-order valence-electron chi connectivity index (χ0n) is 15.2. The van der Waals surface area contributed by atoms with Crippen LogP contribution in [0.25, 0.3) is 11.3 Å². The van der Waals surface area contributed by atoms with Crippen molar-refractivity contribution in [3.8, 4) is 11.3 Å². The van der Waals surface area contributed by atoms with Gasteiger partial charge in [0, 0.05) is 37.2 Å². The predicted octanol–water partition coefficient (Wildman–Crippen LogP) is 3.49. The number of aryl methyl sites for hydroxylation is 1.